The van der Waals surface area contributed by atoms with Gasteiger partial charge in [0.15, 0.2) is 0 Å². The Kier molecular flexibility index (Phi) is 4.06. The number of aromatic nitrogens is 3. The molecule has 0 radical (unpaired) electrons. The molecule has 2 aromatic rings. The lowest BCUT2D eigenvalue weighted by Gasteiger charge is -1.96. The zero-order valence-corrected chi connectivity index (χ0v) is 11.7. The lowest BCUT2D eigenvalue weighted by Crippen LogP contribution is -1.92. The Balaban J connectivity index is 2.22. The highest BCUT2D eigenvalue weighted by Gasteiger charge is 2.09. The van der Waals surface area contributed by atoms with Gasteiger partial charge in [-0.15, -0.1) is 0 Å². The van der Waals surface area contributed by atoms with Gasteiger partial charge >= 0.3 is 0 Å². The maximum atomic E-state index is 9.69. The summed E-state index contributed by atoms with van der Waals surface area (Å²) >= 11 is 1.07. The van der Waals surface area contributed by atoms with Gasteiger partial charge < -0.3 is 9.84 Å². The van der Waals surface area contributed by atoms with Gasteiger partial charge in [-0.3, -0.25) is 0 Å². The second kappa shape index (κ2) is 5.75. The molecule has 0 amide bonds. The summed E-state index contributed by atoms with van der Waals surface area (Å²) in [5.74, 6) is 0.350. The maximum absolute atomic E-state index is 9.69. The first-order chi connectivity index (χ1) is 9.08. The van der Waals surface area contributed by atoms with Gasteiger partial charge in [-0.2, -0.15) is 4.98 Å². The van der Waals surface area contributed by atoms with Crippen molar-refractivity contribution in [2.75, 3.05) is 6.61 Å². The molecule has 0 fully saturated rings. The molecule has 0 aromatic carbocycles. The molecule has 0 aliphatic rings. The summed E-state index contributed by atoms with van der Waals surface area (Å²) in [4.78, 5) is 16.6. The standard InChI is InChI=1S/C12H14N4O2S/c1-4-18-12-16-9(10(17)19-12)6-13-11-14-7(2)5-8(3)15-11/h5-6,17H,4H2,1-3H3/b13-6+. The highest BCUT2D eigenvalue weighted by Crippen LogP contribution is 2.30. The Labute approximate surface area is 114 Å². The van der Waals surface area contributed by atoms with E-state index in [2.05, 4.69) is 19.9 Å². The SMILES string of the molecule is CCOc1nc(/C=N/c2nc(C)cc(C)n2)c(O)s1. The van der Waals surface area contributed by atoms with E-state index in [0.29, 0.717) is 23.4 Å². The molecule has 0 aliphatic heterocycles. The van der Waals surface area contributed by atoms with Crippen LogP contribution in [0.4, 0.5) is 5.95 Å². The van der Waals surface area contributed by atoms with Gasteiger partial charge in [0.1, 0.15) is 5.69 Å². The number of nitrogens with zero attached hydrogens (tertiary/aromatic N) is 4. The summed E-state index contributed by atoms with van der Waals surface area (Å²) < 4.78 is 5.21. The molecule has 2 rings (SSSR count). The molecule has 0 unspecified atom stereocenters. The molecule has 0 saturated carbocycles. The minimum Gasteiger partial charge on any atom is -0.498 e. The minimum absolute atomic E-state index is 0.0663. The first-order valence-corrected chi connectivity index (χ1v) is 6.59. The Morgan fingerprint density at radius 1 is 1.32 bits per heavy atom. The van der Waals surface area contributed by atoms with E-state index in [-0.39, 0.29) is 5.06 Å². The van der Waals surface area contributed by atoms with Gasteiger partial charge in [0, 0.05) is 11.4 Å². The van der Waals surface area contributed by atoms with Crippen LogP contribution in [0.15, 0.2) is 11.1 Å². The predicted octanol–water partition coefficient (Wildman–Crippen LogP) is 2.40. The Hall–Kier alpha value is -2.02. The molecule has 0 spiro atoms. The first-order valence-electron chi connectivity index (χ1n) is 5.77. The van der Waals surface area contributed by atoms with Crippen LogP contribution in [0, 0.1) is 13.8 Å². The van der Waals surface area contributed by atoms with Gasteiger partial charge in [-0.1, -0.05) is 0 Å². The van der Waals surface area contributed by atoms with Crippen molar-refractivity contribution in [1.82, 2.24) is 15.0 Å². The Bertz CT molecular complexity index is 590. The van der Waals surface area contributed by atoms with Gasteiger partial charge in [0.2, 0.25) is 11.0 Å². The average Bonchev–Trinajstić information content (AvgIpc) is 2.66. The molecule has 100 valence electrons. The first kappa shape index (κ1) is 13.4. The van der Waals surface area contributed by atoms with E-state index in [1.165, 1.54) is 6.21 Å². The van der Waals surface area contributed by atoms with Gasteiger partial charge in [0.05, 0.1) is 12.8 Å². The van der Waals surface area contributed by atoms with Gasteiger partial charge in [-0.25, -0.2) is 15.0 Å². The lowest BCUT2D eigenvalue weighted by atomic mass is 10.4. The van der Waals surface area contributed by atoms with Crippen LogP contribution in [0.2, 0.25) is 0 Å². The zero-order chi connectivity index (χ0) is 13.8. The van der Waals surface area contributed by atoms with Crippen molar-refractivity contribution in [2.45, 2.75) is 20.8 Å². The lowest BCUT2D eigenvalue weighted by molar-refractivity contribution is 0.338. The highest BCUT2D eigenvalue weighted by atomic mass is 32.1. The molecule has 19 heavy (non-hydrogen) atoms. The van der Waals surface area contributed by atoms with Crippen molar-refractivity contribution in [2.24, 2.45) is 4.99 Å². The molecule has 0 atom stereocenters. The Morgan fingerprint density at radius 3 is 2.63 bits per heavy atom. The largest absolute Gasteiger partial charge is 0.498 e. The predicted molar refractivity (Wildman–Crippen MR) is 73.7 cm³/mol. The van der Waals surface area contributed by atoms with Crippen LogP contribution in [-0.4, -0.2) is 32.9 Å². The van der Waals surface area contributed by atoms with Crippen molar-refractivity contribution in [3.05, 3.63) is 23.1 Å². The molecule has 7 heteroatoms. The fraction of sp³-hybridized carbons (Fsp3) is 0.333. The molecule has 1 N–H and O–H groups in total. The van der Waals surface area contributed by atoms with Crippen LogP contribution in [0.3, 0.4) is 0 Å². The van der Waals surface area contributed by atoms with Crippen molar-refractivity contribution in [3.63, 3.8) is 0 Å². The molecule has 6 nitrogen and oxygen atoms in total. The normalized spacial score (nSPS) is 11.1. The topological polar surface area (TPSA) is 80.5 Å². The van der Waals surface area contributed by atoms with E-state index < -0.39 is 0 Å². The summed E-state index contributed by atoms with van der Waals surface area (Å²) in [6.45, 7) is 6.11. The minimum atomic E-state index is 0.0663. The third kappa shape index (κ3) is 3.47. The van der Waals surface area contributed by atoms with Crippen LogP contribution in [0.5, 0.6) is 10.3 Å². The average molecular weight is 278 g/mol. The van der Waals surface area contributed by atoms with Crippen LogP contribution in [0.1, 0.15) is 24.0 Å². The van der Waals surface area contributed by atoms with Crippen molar-refractivity contribution >= 4 is 23.5 Å². The number of ether oxygens (including phenoxy) is 1. The number of rotatable bonds is 4. The molecule has 2 heterocycles. The second-order valence-corrected chi connectivity index (χ2v) is 4.75. The van der Waals surface area contributed by atoms with Crippen LogP contribution in [0.25, 0.3) is 0 Å². The summed E-state index contributed by atoms with van der Waals surface area (Å²) in [7, 11) is 0. The molecule has 0 saturated heterocycles. The van der Waals surface area contributed by atoms with E-state index in [9.17, 15) is 5.11 Å². The molecular weight excluding hydrogens is 264 g/mol. The van der Waals surface area contributed by atoms with Crippen molar-refractivity contribution < 1.29 is 9.84 Å². The number of thiazole rings is 1. The van der Waals surface area contributed by atoms with Gasteiger partial charge in [-0.05, 0) is 38.2 Å². The fourth-order valence-corrected chi connectivity index (χ4v) is 2.15. The number of aryl methyl sites for hydroxylation is 2. The summed E-state index contributed by atoms with van der Waals surface area (Å²) in [6, 6.07) is 1.87. The monoisotopic (exact) mass is 278 g/mol. The third-order valence-electron chi connectivity index (χ3n) is 2.16. The fourth-order valence-electron chi connectivity index (χ4n) is 1.46. The molecule has 0 bridgehead atoms. The van der Waals surface area contributed by atoms with E-state index in [1.54, 1.807) is 0 Å². The van der Waals surface area contributed by atoms with Crippen LogP contribution < -0.4 is 4.74 Å². The molecular formula is C12H14N4O2S. The van der Waals surface area contributed by atoms with Crippen molar-refractivity contribution in [3.8, 4) is 10.3 Å². The van der Waals surface area contributed by atoms with E-state index in [1.807, 2.05) is 26.8 Å². The van der Waals surface area contributed by atoms with Crippen molar-refractivity contribution in [1.29, 1.82) is 0 Å². The van der Waals surface area contributed by atoms with E-state index in [0.717, 1.165) is 22.7 Å². The van der Waals surface area contributed by atoms with Gasteiger partial charge in [0.25, 0.3) is 5.19 Å². The quantitative estimate of drug-likeness (QED) is 0.869. The number of aliphatic imine (C=N–C) groups is 1. The molecule has 0 aliphatic carbocycles. The number of hydrogen-bond acceptors (Lipinski definition) is 7. The third-order valence-corrected chi connectivity index (χ3v) is 2.94. The number of aromatic hydroxyl groups is 1. The van der Waals surface area contributed by atoms with Crippen LogP contribution in [-0.2, 0) is 0 Å². The zero-order valence-electron chi connectivity index (χ0n) is 10.9. The Morgan fingerprint density at radius 2 is 2.00 bits per heavy atom. The second-order valence-electron chi connectivity index (χ2n) is 3.81. The summed E-state index contributed by atoms with van der Waals surface area (Å²) in [5.41, 5.74) is 2.05. The molecule has 2 aromatic heterocycles. The number of hydrogen-bond donors (Lipinski definition) is 1. The van der Waals surface area contributed by atoms with Crippen LogP contribution >= 0.6 is 11.3 Å². The van der Waals surface area contributed by atoms with E-state index >= 15 is 0 Å². The maximum Gasteiger partial charge on any atom is 0.277 e. The van der Waals surface area contributed by atoms with E-state index in [4.69, 9.17) is 4.74 Å². The highest BCUT2D eigenvalue weighted by molar-refractivity contribution is 7.15. The summed E-state index contributed by atoms with van der Waals surface area (Å²) in [5, 5.41) is 10.2. The smallest absolute Gasteiger partial charge is 0.277 e. The summed E-state index contributed by atoms with van der Waals surface area (Å²) in [6.07, 6.45) is 1.43.